The van der Waals surface area contributed by atoms with Gasteiger partial charge in [0.15, 0.2) is 0 Å². The minimum atomic E-state index is -0.209. The Morgan fingerprint density at radius 2 is 2.19 bits per heavy atom. The lowest BCUT2D eigenvalue weighted by atomic mass is 9.83. The van der Waals surface area contributed by atoms with E-state index >= 15 is 0 Å². The fourth-order valence-electron chi connectivity index (χ4n) is 3.09. The van der Waals surface area contributed by atoms with Gasteiger partial charge in [-0.15, -0.1) is 0 Å². The van der Waals surface area contributed by atoms with Crippen LogP contribution in [-0.4, -0.2) is 27.8 Å². The summed E-state index contributed by atoms with van der Waals surface area (Å²) >= 11 is 0. The van der Waals surface area contributed by atoms with E-state index in [1.54, 1.807) is 6.20 Å². The fraction of sp³-hybridized carbons (Fsp3) is 0.412. The van der Waals surface area contributed by atoms with Gasteiger partial charge in [0.05, 0.1) is 17.2 Å². The Morgan fingerprint density at radius 3 is 2.95 bits per heavy atom. The highest BCUT2D eigenvalue weighted by molar-refractivity contribution is 5.40. The molecule has 1 aromatic heterocycles. The number of benzene rings is 1. The van der Waals surface area contributed by atoms with Crippen LogP contribution in [0.3, 0.4) is 0 Å². The first-order chi connectivity index (χ1) is 10.2. The molecule has 0 aliphatic carbocycles. The van der Waals surface area contributed by atoms with Gasteiger partial charge in [0, 0.05) is 25.5 Å². The van der Waals surface area contributed by atoms with Gasteiger partial charge in [0.2, 0.25) is 0 Å². The number of piperidine rings is 1. The SMILES string of the molecule is C[C@@]1(C#N)CCCN(Cc2ccccc2-n2cccn2)C1. The molecule has 0 spiro atoms. The largest absolute Gasteiger partial charge is 0.297 e. The van der Waals surface area contributed by atoms with Gasteiger partial charge in [-0.2, -0.15) is 10.4 Å². The standard InChI is InChI=1S/C17H20N4/c1-17(13-18)8-4-10-20(14-17)12-15-6-2-3-7-16(15)21-11-5-9-19-21/h2-3,5-7,9,11H,4,8,10,12,14H2,1H3/t17-/m0/s1. The molecule has 2 heterocycles. The first-order valence-electron chi connectivity index (χ1n) is 7.42. The van der Waals surface area contributed by atoms with Gasteiger partial charge in [0.25, 0.3) is 0 Å². The van der Waals surface area contributed by atoms with Crippen molar-refractivity contribution in [1.29, 1.82) is 5.26 Å². The van der Waals surface area contributed by atoms with Crippen LogP contribution in [0, 0.1) is 16.7 Å². The van der Waals surface area contributed by atoms with Crippen LogP contribution in [0.1, 0.15) is 25.3 Å². The van der Waals surface area contributed by atoms with Crippen LogP contribution in [0.2, 0.25) is 0 Å². The van der Waals surface area contributed by atoms with E-state index in [1.807, 2.05) is 23.0 Å². The number of hydrogen-bond donors (Lipinski definition) is 0. The van der Waals surface area contributed by atoms with Crippen LogP contribution in [0.5, 0.6) is 0 Å². The lowest BCUT2D eigenvalue weighted by molar-refractivity contribution is 0.137. The van der Waals surface area contributed by atoms with Crippen molar-refractivity contribution >= 4 is 0 Å². The van der Waals surface area contributed by atoms with E-state index in [2.05, 4.69) is 41.2 Å². The number of nitriles is 1. The summed E-state index contributed by atoms with van der Waals surface area (Å²) in [6.45, 7) is 4.84. The number of aromatic nitrogens is 2. The molecule has 0 N–H and O–H groups in total. The van der Waals surface area contributed by atoms with Crippen LogP contribution in [0.15, 0.2) is 42.7 Å². The number of hydrogen-bond acceptors (Lipinski definition) is 3. The molecular weight excluding hydrogens is 260 g/mol. The van der Waals surface area contributed by atoms with Gasteiger partial charge in [-0.05, 0) is 44.0 Å². The maximum absolute atomic E-state index is 9.35. The Balaban J connectivity index is 1.81. The van der Waals surface area contributed by atoms with Crippen molar-refractivity contribution in [3.63, 3.8) is 0 Å². The molecule has 0 saturated carbocycles. The predicted molar refractivity (Wildman–Crippen MR) is 81.8 cm³/mol. The van der Waals surface area contributed by atoms with Gasteiger partial charge < -0.3 is 0 Å². The van der Waals surface area contributed by atoms with E-state index in [-0.39, 0.29) is 5.41 Å². The van der Waals surface area contributed by atoms with E-state index in [4.69, 9.17) is 0 Å². The third-order valence-corrected chi connectivity index (χ3v) is 4.18. The molecule has 4 heteroatoms. The van der Waals surface area contributed by atoms with Crippen molar-refractivity contribution in [1.82, 2.24) is 14.7 Å². The fourth-order valence-corrected chi connectivity index (χ4v) is 3.09. The molecule has 4 nitrogen and oxygen atoms in total. The number of para-hydroxylation sites is 1. The lowest BCUT2D eigenvalue weighted by Gasteiger charge is -2.36. The van der Waals surface area contributed by atoms with Gasteiger partial charge in [-0.3, -0.25) is 4.90 Å². The monoisotopic (exact) mass is 280 g/mol. The Kier molecular flexibility index (Phi) is 3.76. The van der Waals surface area contributed by atoms with Crippen LogP contribution in [0.25, 0.3) is 5.69 Å². The molecule has 108 valence electrons. The van der Waals surface area contributed by atoms with Crippen molar-refractivity contribution in [3.8, 4) is 11.8 Å². The molecule has 2 aromatic rings. The highest BCUT2D eigenvalue weighted by atomic mass is 15.3. The van der Waals surface area contributed by atoms with Gasteiger partial charge in [-0.25, -0.2) is 4.68 Å². The predicted octanol–water partition coefficient (Wildman–Crippen LogP) is 3.00. The van der Waals surface area contributed by atoms with Crippen LogP contribution in [0.4, 0.5) is 0 Å². The first-order valence-corrected chi connectivity index (χ1v) is 7.42. The van der Waals surface area contributed by atoms with Gasteiger partial charge in [0.1, 0.15) is 0 Å². The van der Waals surface area contributed by atoms with Crippen molar-refractivity contribution in [2.75, 3.05) is 13.1 Å². The van der Waals surface area contributed by atoms with E-state index < -0.39 is 0 Å². The van der Waals surface area contributed by atoms with Gasteiger partial charge in [-0.1, -0.05) is 18.2 Å². The van der Waals surface area contributed by atoms with Crippen molar-refractivity contribution in [2.45, 2.75) is 26.3 Å². The third-order valence-electron chi connectivity index (χ3n) is 4.18. The van der Waals surface area contributed by atoms with Crippen molar-refractivity contribution in [3.05, 3.63) is 48.3 Å². The Bertz CT molecular complexity index is 641. The summed E-state index contributed by atoms with van der Waals surface area (Å²) in [6.07, 6.45) is 5.85. The second kappa shape index (κ2) is 5.71. The molecule has 0 radical (unpaired) electrons. The number of nitrogens with zero attached hydrogens (tertiary/aromatic N) is 4. The topological polar surface area (TPSA) is 44.9 Å². The molecule has 0 amide bonds. The first kappa shape index (κ1) is 13.8. The lowest BCUT2D eigenvalue weighted by Crippen LogP contribution is -2.40. The number of rotatable bonds is 3. The summed E-state index contributed by atoms with van der Waals surface area (Å²) in [6, 6.07) is 12.8. The molecule has 1 fully saturated rings. The molecule has 21 heavy (non-hydrogen) atoms. The molecule has 0 unspecified atom stereocenters. The molecule has 0 bridgehead atoms. The smallest absolute Gasteiger partial charge is 0.0700 e. The van der Waals surface area contributed by atoms with Gasteiger partial charge >= 0.3 is 0 Å². The zero-order valence-corrected chi connectivity index (χ0v) is 12.4. The summed E-state index contributed by atoms with van der Waals surface area (Å²) < 4.78 is 1.91. The second-order valence-electron chi connectivity index (χ2n) is 6.07. The van der Waals surface area contributed by atoms with Crippen LogP contribution < -0.4 is 0 Å². The van der Waals surface area contributed by atoms with E-state index in [9.17, 15) is 5.26 Å². The maximum Gasteiger partial charge on any atom is 0.0700 e. The average molecular weight is 280 g/mol. The van der Waals surface area contributed by atoms with E-state index in [0.717, 1.165) is 38.2 Å². The Labute approximate surface area is 125 Å². The normalized spacial score (nSPS) is 22.9. The maximum atomic E-state index is 9.35. The quantitative estimate of drug-likeness (QED) is 0.868. The van der Waals surface area contributed by atoms with E-state index in [0.29, 0.717) is 0 Å². The summed E-state index contributed by atoms with van der Waals surface area (Å²) in [5.74, 6) is 0. The summed E-state index contributed by atoms with van der Waals surface area (Å²) in [4.78, 5) is 2.38. The summed E-state index contributed by atoms with van der Waals surface area (Å²) in [7, 11) is 0. The molecule has 1 saturated heterocycles. The highest BCUT2D eigenvalue weighted by Crippen LogP contribution is 2.29. The van der Waals surface area contributed by atoms with Crippen LogP contribution in [-0.2, 0) is 6.54 Å². The Hall–Kier alpha value is -2.12. The van der Waals surface area contributed by atoms with Crippen molar-refractivity contribution in [2.24, 2.45) is 5.41 Å². The zero-order valence-electron chi connectivity index (χ0n) is 12.4. The minimum Gasteiger partial charge on any atom is -0.297 e. The Morgan fingerprint density at radius 1 is 1.33 bits per heavy atom. The zero-order chi connectivity index (χ0) is 14.7. The summed E-state index contributed by atoms with van der Waals surface area (Å²) in [5, 5.41) is 13.7. The molecule has 3 rings (SSSR count). The number of likely N-dealkylation sites (tertiary alicyclic amines) is 1. The molecule has 1 aromatic carbocycles. The third kappa shape index (κ3) is 2.98. The highest BCUT2D eigenvalue weighted by Gasteiger charge is 2.31. The van der Waals surface area contributed by atoms with Crippen molar-refractivity contribution < 1.29 is 0 Å². The minimum absolute atomic E-state index is 0.209. The molecule has 1 atom stereocenters. The molecule has 1 aliphatic rings. The van der Waals surface area contributed by atoms with Crippen LogP contribution >= 0.6 is 0 Å². The molecular formula is C17H20N4. The second-order valence-corrected chi connectivity index (χ2v) is 6.07. The average Bonchev–Trinajstić information content (AvgIpc) is 3.02. The molecule has 1 aliphatic heterocycles. The van der Waals surface area contributed by atoms with E-state index in [1.165, 1.54) is 5.56 Å². The summed E-state index contributed by atoms with van der Waals surface area (Å²) in [5.41, 5.74) is 2.16.